The number of nitrogens with zero attached hydrogens (tertiary/aromatic N) is 1. The fraction of sp³-hybridized carbons (Fsp3) is 0.353. The Bertz CT molecular complexity index is 725. The van der Waals surface area contributed by atoms with E-state index in [4.69, 9.17) is 0 Å². The highest BCUT2D eigenvalue weighted by Gasteiger charge is 2.21. The molecule has 2 aromatic rings. The molecule has 7 heteroatoms. The second-order valence-corrected chi connectivity index (χ2v) is 6.85. The average molecular weight is 344 g/mol. The highest BCUT2D eigenvalue weighted by molar-refractivity contribution is 7.19. The average Bonchev–Trinajstić information content (AvgIpc) is 3.34. The van der Waals surface area contributed by atoms with Crippen LogP contribution in [-0.2, 0) is 4.79 Å². The summed E-state index contributed by atoms with van der Waals surface area (Å²) >= 11 is 1.41. The van der Waals surface area contributed by atoms with Gasteiger partial charge >= 0.3 is 6.03 Å². The number of hydrogen-bond donors (Lipinski definition) is 3. The molecule has 0 bridgehead atoms. The van der Waals surface area contributed by atoms with Crippen molar-refractivity contribution in [1.82, 2.24) is 15.6 Å². The van der Waals surface area contributed by atoms with E-state index >= 15 is 0 Å². The Kier molecular flexibility index (Phi) is 5.10. The number of aryl methyl sites for hydroxylation is 1. The highest BCUT2D eigenvalue weighted by atomic mass is 32.1. The van der Waals surface area contributed by atoms with Gasteiger partial charge < -0.3 is 10.6 Å². The van der Waals surface area contributed by atoms with E-state index in [9.17, 15) is 9.59 Å². The van der Waals surface area contributed by atoms with Crippen LogP contribution in [0.3, 0.4) is 0 Å². The number of carbonyl (C=O) groups excluding carboxylic acids is 2. The number of benzene rings is 1. The number of aromatic nitrogens is 1. The molecule has 1 aromatic heterocycles. The van der Waals surface area contributed by atoms with E-state index in [2.05, 4.69) is 20.9 Å². The van der Waals surface area contributed by atoms with Crippen LogP contribution in [-0.4, -0.2) is 30.0 Å². The Balaban J connectivity index is 1.50. The van der Waals surface area contributed by atoms with Crippen molar-refractivity contribution in [3.63, 3.8) is 0 Å². The van der Waals surface area contributed by atoms with Crippen LogP contribution in [0, 0.1) is 12.8 Å². The summed E-state index contributed by atoms with van der Waals surface area (Å²) in [5.74, 6) is 0.454. The van der Waals surface area contributed by atoms with Crippen molar-refractivity contribution in [2.45, 2.75) is 19.8 Å². The van der Waals surface area contributed by atoms with Gasteiger partial charge in [-0.25, -0.2) is 9.78 Å². The summed E-state index contributed by atoms with van der Waals surface area (Å²) < 4.78 is 0. The molecule has 1 heterocycles. The van der Waals surface area contributed by atoms with Crippen LogP contribution in [0.25, 0.3) is 10.4 Å². The molecule has 1 fully saturated rings. The van der Waals surface area contributed by atoms with Gasteiger partial charge in [0.2, 0.25) is 5.91 Å². The van der Waals surface area contributed by atoms with E-state index in [0.29, 0.717) is 17.6 Å². The fourth-order valence-electron chi connectivity index (χ4n) is 2.25. The molecule has 0 saturated heterocycles. The molecule has 24 heavy (non-hydrogen) atoms. The number of rotatable bonds is 6. The Morgan fingerprint density at radius 3 is 2.67 bits per heavy atom. The second-order valence-electron chi connectivity index (χ2n) is 5.85. The van der Waals surface area contributed by atoms with E-state index in [1.54, 1.807) is 0 Å². The molecule has 0 atom stereocenters. The minimum Gasteiger partial charge on any atom is -0.354 e. The summed E-state index contributed by atoms with van der Waals surface area (Å²) in [6.45, 7) is 2.58. The highest BCUT2D eigenvalue weighted by Crippen LogP contribution is 2.32. The lowest BCUT2D eigenvalue weighted by atomic mass is 10.2. The quantitative estimate of drug-likeness (QED) is 0.753. The van der Waals surface area contributed by atoms with E-state index in [-0.39, 0.29) is 12.5 Å². The maximum Gasteiger partial charge on any atom is 0.321 e. The summed E-state index contributed by atoms with van der Waals surface area (Å²) in [4.78, 5) is 28.9. The van der Waals surface area contributed by atoms with Gasteiger partial charge in [-0.3, -0.25) is 10.1 Å². The molecule has 1 saturated carbocycles. The number of urea groups is 1. The van der Waals surface area contributed by atoms with Gasteiger partial charge in [-0.1, -0.05) is 41.7 Å². The largest absolute Gasteiger partial charge is 0.354 e. The van der Waals surface area contributed by atoms with Gasteiger partial charge in [0.05, 0.1) is 17.1 Å². The molecule has 0 radical (unpaired) electrons. The number of carbonyl (C=O) groups is 2. The summed E-state index contributed by atoms with van der Waals surface area (Å²) in [6, 6.07) is 9.48. The number of nitrogens with one attached hydrogen (secondary N) is 3. The van der Waals surface area contributed by atoms with Gasteiger partial charge in [0.25, 0.3) is 0 Å². The van der Waals surface area contributed by atoms with E-state index in [0.717, 1.165) is 16.1 Å². The number of anilines is 1. The summed E-state index contributed by atoms with van der Waals surface area (Å²) in [5, 5.41) is 8.55. The van der Waals surface area contributed by atoms with Crippen LogP contribution in [0.4, 0.5) is 9.93 Å². The van der Waals surface area contributed by atoms with E-state index in [1.165, 1.54) is 24.2 Å². The van der Waals surface area contributed by atoms with Crippen molar-refractivity contribution in [2.24, 2.45) is 5.92 Å². The molecule has 6 nitrogen and oxygen atoms in total. The third-order valence-electron chi connectivity index (χ3n) is 3.75. The van der Waals surface area contributed by atoms with Gasteiger partial charge in [-0.05, 0) is 31.2 Å². The molecule has 3 rings (SSSR count). The molecule has 0 unspecified atom stereocenters. The van der Waals surface area contributed by atoms with E-state index < -0.39 is 6.03 Å². The van der Waals surface area contributed by atoms with Crippen LogP contribution in [0.2, 0.25) is 0 Å². The van der Waals surface area contributed by atoms with Gasteiger partial charge in [0.15, 0.2) is 5.13 Å². The zero-order valence-corrected chi connectivity index (χ0v) is 14.3. The maximum atomic E-state index is 11.9. The lowest BCUT2D eigenvalue weighted by Gasteiger charge is -2.06. The topological polar surface area (TPSA) is 83.1 Å². The summed E-state index contributed by atoms with van der Waals surface area (Å²) in [5.41, 5.74) is 1.93. The lowest BCUT2D eigenvalue weighted by Crippen LogP contribution is -2.39. The third-order valence-corrected chi connectivity index (χ3v) is 4.87. The minimum absolute atomic E-state index is 0.0333. The standard InChI is InChI=1S/C17H20N4O2S/c1-11-15(13-5-3-2-4-6-13)24-17(20-11)21-16(23)19-10-14(22)18-9-12-7-8-12/h2-6,12H,7-10H2,1H3,(H,18,22)(H2,19,20,21,23). The monoisotopic (exact) mass is 344 g/mol. The van der Waals surface area contributed by atoms with Crippen molar-refractivity contribution in [1.29, 1.82) is 0 Å². The number of hydrogen-bond acceptors (Lipinski definition) is 4. The Morgan fingerprint density at radius 1 is 1.21 bits per heavy atom. The first kappa shape index (κ1) is 16.4. The van der Waals surface area contributed by atoms with Crippen LogP contribution in [0.15, 0.2) is 30.3 Å². The van der Waals surface area contributed by atoms with Crippen LogP contribution in [0.1, 0.15) is 18.5 Å². The molecule has 1 aromatic carbocycles. The van der Waals surface area contributed by atoms with Crippen molar-refractivity contribution in [2.75, 3.05) is 18.4 Å². The molecule has 3 amide bonds. The van der Waals surface area contributed by atoms with Crippen LogP contribution >= 0.6 is 11.3 Å². The van der Waals surface area contributed by atoms with Crippen LogP contribution < -0.4 is 16.0 Å². The zero-order valence-electron chi connectivity index (χ0n) is 13.5. The summed E-state index contributed by atoms with van der Waals surface area (Å²) in [7, 11) is 0. The second kappa shape index (κ2) is 7.44. The minimum atomic E-state index is -0.426. The van der Waals surface area contributed by atoms with Gasteiger partial charge in [-0.15, -0.1) is 0 Å². The number of thiazole rings is 1. The van der Waals surface area contributed by atoms with Crippen molar-refractivity contribution in [3.05, 3.63) is 36.0 Å². The predicted octanol–water partition coefficient (Wildman–Crippen LogP) is 2.77. The first-order chi connectivity index (χ1) is 11.6. The summed E-state index contributed by atoms with van der Waals surface area (Å²) in [6.07, 6.45) is 2.36. The van der Waals surface area contributed by atoms with Gasteiger partial charge in [0, 0.05) is 6.54 Å². The normalized spacial score (nSPS) is 13.4. The molecule has 0 spiro atoms. The molecule has 126 valence electrons. The zero-order chi connectivity index (χ0) is 16.9. The van der Waals surface area contributed by atoms with Gasteiger partial charge in [0.1, 0.15) is 0 Å². The van der Waals surface area contributed by atoms with E-state index in [1.807, 2.05) is 37.3 Å². The number of amides is 3. The fourth-order valence-corrected chi connectivity index (χ4v) is 3.22. The molecule has 3 N–H and O–H groups in total. The SMILES string of the molecule is Cc1nc(NC(=O)NCC(=O)NCC2CC2)sc1-c1ccccc1. The maximum absolute atomic E-state index is 11.9. The first-order valence-electron chi connectivity index (χ1n) is 7.96. The molecular weight excluding hydrogens is 324 g/mol. The predicted molar refractivity (Wildman–Crippen MR) is 95.0 cm³/mol. The van der Waals surface area contributed by atoms with Crippen LogP contribution in [0.5, 0.6) is 0 Å². The molecule has 0 aliphatic heterocycles. The smallest absolute Gasteiger partial charge is 0.321 e. The Labute approximate surface area is 144 Å². The lowest BCUT2D eigenvalue weighted by molar-refractivity contribution is -0.120. The molecule has 1 aliphatic rings. The molecular formula is C17H20N4O2S. The third kappa shape index (κ3) is 4.55. The Morgan fingerprint density at radius 2 is 1.96 bits per heavy atom. The van der Waals surface area contributed by atoms with Crippen molar-refractivity contribution in [3.8, 4) is 10.4 Å². The first-order valence-corrected chi connectivity index (χ1v) is 8.78. The Hall–Kier alpha value is -2.41. The van der Waals surface area contributed by atoms with Crippen molar-refractivity contribution < 1.29 is 9.59 Å². The van der Waals surface area contributed by atoms with Gasteiger partial charge in [-0.2, -0.15) is 0 Å². The molecule has 1 aliphatic carbocycles. The van der Waals surface area contributed by atoms with Crippen molar-refractivity contribution >= 4 is 28.4 Å².